The molecule has 0 bridgehead atoms. The van der Waals surface area contributed by atoms with Crippen LogP contribution in [0.4, 0.5) is 10.7 Å². The number of aryl methyl sites for hydroxylation is 2. The average molecular weight is 387 g/mol. The minimum Gasteiger partial charge on any atom is -0.465 e. The van der Waals surface area contributed by atoms with Crippen LogP contribution < -0.4 is 39.6 Å². The molecule has 2 aromatic rings. The Balaban J connectivity index is 0.00000338. The number of anilines is 1. The summed E-state index contributed by atoms with van der Waals surface area (Å²) in [5.41, 5.74) is 1.04. The van der Waals surface area contributed by atoms with E-state index in [-0.39, 0.29) is 46.0 Å². The van der Waals surface area contributed by atoms with Crippen LogP contribution in [0.2, 0.25) is 0 Å². The van der Waals surface area contributed by atoms with Gasteiger partial charge in [-0.15, -0.1) is 0 Å². The van der Waals surface area contributed by atoms with Crippen LogP contribution >= 0.6 is 0 Å². The standard InChI is InChI=1S/C15H16N4O5S.Na/c1-9-8-10(2)17-14(16-9)18-15(21)19-25(22,23)12-7-5-4-6-11(12)13(20)24-3;/h4-8H,1-3H3,(H2,16,17,18,19,21);/q;+1. The van der Waals surface area contributed by atoms with Gasteiger partial charge in [-0.3, -0.25) is 5.32 Å². The Bertz CT molecular complexity index is 913. The molecule has 2 amide bonds. The van der Waals surface area contributed by atoms with Gasteiger partial charge in [0.2, 0.25) is 5.95 Å². The van der Waals surface area contributed by atoms with E-state index < -0.39 is 22.0 Å². The third kappa shape index (κ3) is 5.49. The van der Waals surface area contributed by atoms with Gasteiger partial charge in [-0.25, -0.2) is 32.7 Å². The number of aromatic nitrogens is 2. The number of sulfonamides is 1. The Morgan fingerprint density at radius 2 is 1.65 bits per heavy atom. The molecule has 2 N–H and O–H groups in total. The summed E-state index contributed by atoms with van der Waals surface area (Å²) >= 11 is 0. The Kier molecular flexibility index (Phi) is 7.69. The molecule has 11 heteroatoms. The van der Waals surface area contributed by atoms with E-state index in [2.05, 4.69) is 20.0 Å². The molecule has 132 valence electrons. The van der Waals surface area contributed by atoms with Gasteiger partial charge < -0.3 is 4.74 Å². The Morgan fingerprint density at radius 3 is 2.23 bits per heavy atom. The zero-order valence-corrected chi connectivity index (χ0v) is 17.5. The molecule has 0 fully saturated rings. The van der Waals surface area contributed by atoms with Crippen molar-refractivity contribution in [3.05, 3.63) is 47.3 Å². The van der Waals surface area contributed by atoms with Crippen molar-refractivity contribution in [2.75, 3.05) is 12.4 Å². The molecule has 0 aliphatic rings. The number of amides is 2. The summed E-state index contributed by atoms with van der Waals surface area (Å²) in [7, 11) is -3.18. The molecule has 26 heavy (non-hydrogen) atoms. The van der Waals surface area contributed by atoms with Crippen molar-refractivity contribution in [1.82, 2.24) is 14.7 Å². The minimum absolute atomic E-state index is 0. The Labute approximate surface area is 172 Å². The zero-order chi connectivity index (χ0) is 18.6. The van der Waals surface area contributed by atoms with Gasteiger partial charge in [-0.05, 0) is 32.0 Å². The Morgan fingerprint density at radius 1 is 1.08 bits per heavy atom. The number of hydrogen-bond donors (Lipinski definition) is 2. The first kappa shape index (κ1) is 22.0. The number of benzene rings is 1. The average Bonchev–Trinajstić information content (AvgIpc) is 2.52. The fourth-order valence-electron chi connectivity index (χ4n) is 2.07. The third-order valence-electron chi connectivity index (χ3n) is 3.02. The van der Waals surface area contributed by atoms with Crippen molar-refractivity contribution in [1.29, 1.82) is 0 Å². The summed E-state index contributed by atoms with van der Waals surface area (Å²) in [6.45, 7) is 3.42. The van der Waals surface area contributed by atoms with Crippen molar-refractivity contribution >= 4 is 28.0 Å². The van der Waals surface area contributed by atoms with Crippen LogP contribution in [0, 0.1) is 13.8 Å². The van der Waals surface area contributed by atoms with E-state index in [4.69, 9.17) is 0 Å². The van der Waals surface area contributed by atoms with Crippen LogP contribution in [0.5, 0.6) is 0 Å². The van der Waals surface area contributed by atoms with Crippen LogP contribution in [-0.2, 0) is 14.8 Å². The number of nitrogens with one attached hydrogen (secondary N) is 2. The summed E-state index contributed by atoms with van der Waals surface area (Å²) < 4.78 is 31.1. The fourth-order valence-corrected chi connectivity index (χ4v) is 3.17. The molecule has 0 saturated heterocycles. The van der Waals surface area contributed by atoms with Gasteiger partial charge >= 0.3 is 41.6 Å². The van der Waals surface area contributed by atoms with E-state index >= 15 is 0 Å². The molecule has 1 heterocycles. The van der Waals surface area contributed by atoms with Gasteiger partial charge in [0.15, 0.2) is 0 Å². The number of methoxy groups -OCH3 is 1. The summed E-state index contributed by atoms with van der Waals surface area (Å²) in [6, 6.07) is 6.03. The molecule has 0 saturated carbocycles. The number of nitrogens with zero attached hydrogens (tertiary/aromatic N) is 2. The van der Waals surface area contributed by atoms with E-state index in [1.54, 1.807) is 19.9 Å². The predicted octanol–water partition coefficient (Wildman–Crippen LogP) is -1.61. The van der Waals surface area contributed by atoms with Gasteiger partial charge in [-0.2, -0.15) is 0 Å². The largest absolute Gasteiger partial charge is 1.00 e. The van der Waals surface area contributed by atoms with E-state index in [9.17, 15) is 18.0 Å². The first-order valence-corrected chi connectivity index (χ1v) is 8.54. The van der Waals surface area contributed by atoms with Gasteiger partial charge in [0.25, 0.3) is 10.0 Å². The predicted molar refractivity (Wildman–Crippen MR) is 88.6 cm³/mol. The van der Waals surface area contributed by atoms with Gasteiger partial charge in [0, 0.05) is 11.4 Å². The Hall–Kier alpha value is -2.01. The van der Waals surface area contributed by atoms with E-state index in [0.29, 0.717) is 11.4 Å². The van der Waals surface area contributed by atoms with Crippen LogP contribution in [0.15, 0.2) is 35.2 Å². The van der Waals surface area contributed by atoms with Crippen molar-refractivity contribution in [2.45, 2.75) is 18.7 Å². The molecular weight excluding hydrogens is 371 g/mol. The first-order chi connectivity index (χ1) is 11.7. The van der Waals surface area contributed by atoms with Crippen molar-refractivity contribution in [2.24, 2.45) is 0 Å². The van der Waals surface area contributed by atoms with Gasteiger partial charge in [0.05, 0.1) is 12.7 Å². The maximum atomic E-state index is 12.4. The SMILES string of the molecule is COC(=O)c1ccccc1S(=O)(=O)NC(=O)Nc1nc(C)cc(C)n1.[Na+]. The van der Waals surface area contributed by atoms with Crippen LogP contribution in [0.3, 0.4) is 0 Å². The number of ether oxygens (including phenoxy) is 1. The molecule has 0 unspecified atom stereocenters. The third-order valence-corrected chi connectivity index (χ3v) is 4.41. The molecule has 9 nitrogen and oxygen atoms in total. The zero-order valence-electron chi connectivity index (χ0n) is 14.7. The van der Waals surface area contributed by atoms with Gasteiger partial charge in [0.1, 0.15) is 4.90 Å². The molecule has 0 radical (unpaired) electrons. The number of carbonyl (C=O) groups excluding carboxylic acids is 2. The number of esters is 1. The maximum Gasteiger partial charge on any atom is 1.00 e. The number of rotatable bonds is 4. The van der Waals surface area contributed by atoms with Crippen molar-refractivity contribution in [3.63, 3.8) is 0 Å². The molecule has 1 aromatic carbocycles. The second-order valence-electron chi connectivity index (χ2n) is 5.02. The quantitative estimate of drug-likeness (QED) is 0.477. The summed E-state index contributed by atoms with van der Waals surface area (Å²) in [4.78, 5) is 31.3. The van der Waals surface area contributed by atoms with E-state index in [1.807, 2.05) is 4.72 Å². The molecule has 0 aliphatic heterocycles. The van der Waals surface area contributed by atoms with E-state index in [0.717, 1.165) is 7.11 Å². The van der Waals surface area contributed by atoms with Crippen molar-refractivity contribution < 1.29 is 52.3 Å². The topological polar surface area (TPSA) is 127 Å². The molecule has 1 aromatic heterocycles. The van der Waals surface area contributed by atoms with Gasteiger partial charge in [-0.1, -0.05) is 12.1 Å². The molecule has 0 spiro atoms. The summed E-state index contributed by atoms with van der Waals surface area (Å²) in [6.07, 6.45) is 0. The minimum atomic E-state index is -4.30. The molecule has 0 aliphatic carbocycles. The van der Waals surface area contributed by atoms with Crippen LogP contribution in [-0.4, -0.2) is 37.5 Å². The second kappa shape index (κ2) is 9.08. The first-order valence-electron chi connectivity index (χ1n) is 7.06. The number of hydrogen-bond acceptors (Lipinski definition) is 7. The van der Waals surface area contributed by atoms with E-state index in [1.165, 1.54) is 24.3 Å². The smallest absolute Gasteiger partial charge is 0.465 e. The molecule has 2 rings (SSSR count). The maximum absolute atomic E-state index is 12.4. The number of carbonyl (C=O) groups is 2. The summed E-state index contributed by atoms with van der Waals surface area (Å²) in [5.74, 6) is -0.870. The fraction of sp³-hybridized carbons (Fsp3) is 0.200. The normalized spacial score (nSPS) is 10.4. The molecule has 0 atom stereocenters. The molecular formula is C15H16N4NaO5S+. The van der Waals surface area contributed by atoms with Crippen LogP contribution in [0.1, 0.15) is 21.7 Å². The van der Waals surface area contributed by atoms with Crippen molar-refractivity contribution in [3.8, 4) is 0 Å². The second-order valence-corrected chi connectivity index (χ2v) is 6.67. The monoisotopic (exact) mass is 387 g/mol. The number of urea groups is 1. The summed E-state index contributed by atoms with van der Waals surface area (Å²) in [5, 5.41) is 2.24. The van der Waals surface area contributed by atoms with Crippen LogP contribution in [0.25, 0.3) is 0 Å².